The second-order valence-corrected chi connectivity index (χ2v) is 5.42. The fourth-order valence-electron chi connectivity index (χ4n) is 2.59. The molecule has 5 heteroatoms. The van der Waals surface area contributed by atoms with Gasteiger partial charge in [0.1, 0.15) is 17.2 Å². The highest BCUT2D eigenvalue weighted by Crippen LogP contribution is 2.27. The number of amides is 1. The first-order chi connectivity index (χ1) is 10.4. The standard InChI is InChI=1S/C17H16N2O3/c1-8-6-7-12-14(20)11-5-3-4-10(13(18)17(19)21)16(11)22-15(12)9(8)2/h3-7,13H,18H2,1-2H3,(H2,19,21). The Balaban J connectivity index is 2.51. The van der Waals surface area contributed by atoms with Crippen molar-refractivity contribution in [2.75, 3.05) is 0 Å². The summed E-state index contributed by atoms with van der Waals surface area (Å²) in [6.07, 6.45) is 0. The van der Waals surface area contributed by atoms with Crippen LogP contribution in [0.2, 0.25) is 0 Å². The van der Waals surface area contributed by atoms with Crippen molar-refractivity contribution in [3.63, 3.8) is 0 Å². The largest absolute Gasteiger partial charge is 0.455 e. The predicted molar refractivity (Wildman–Crippen MR) is 85.6 cm³/mol. The molecule has 2 aromatic carbocycles. The summed E-state index contributed by atoms with van der Waals surface area (Å²) in [4.78, 5) is 24.1. The van der Waals surface area contributed by atoms with Crippen LogP contribution in [0.4, 0.5) is 0 Å². The third kappa shape index (κ3) is 1.98. The monoisotopic (exact) mass is 296 g/mol. The summed E-state index contributed by atoms with van der Waals surface area (Å²) in [7, 11) is 0. The normalized spacial score (nSPS) is 12.7. The van der Waals surface area contributed by atoms with E-state index in [9.17, 15) is 9.59 Å². The maximum absolute atomic E-state index is 12.7. The molecular weight excluding hydrogens is 280 g/mol. The average Bonchev–Trinajstić information content (AvgIpc) is 2.50. The van der Waals surface area contributed by atoms with E-state index in [1.165, 1.54) is 0 Å². The molecule has 1 amide bonds. The lowest BCUT2D eigenvalue weighted by Gasteiger charge is -2.12. The van der Waals surface area contributed by atoms with Crippen molar-refractivity contribution in [3.05, 3.63) is 57.2 Å². The highest BCUT2D eigenvalue weighted by atomic mass is 16.3. The van der Waals surface area contributed by atoms with E-state index in [2.05, 4.69) is 0 Å². The van der Waals surface area contributed by atoms with Crippen LogP contribution < -0.4 is 16.9 Å². The Bertz CT molecular complexity index is 973. The zero-order chi connectivity index (χ0) is 16.0. The fraction of sp³-hybridized carbons (Fsp3) is 0.176. The maximum Gasteiger partial charge on any atom is 0.239 e. The predicted octanol–water partition coefficient (Wildman–Crippen LogP) is 2.05. The van der Waals surface area contributed by atoms with Crippen LogP contribution in [-0.4, -0.2) is 5.91 Å². The lowest BCUT2D eigenvalue weighted by atomic mass is 10.0. The number of aryl methyl sites for hydroxylation is 2. The van der Waals surface area contributed by atoms with Crippen LogP contribution in [0.5, 0.6) is 0 Å². The van der Waals surface area contributed by atoms with E-state index in [-0.39, 0.29) is 5.43 Å². The van der Waals surface area contributed by atoms with E-state index in [4.69, 9.17) is 15.9 Å². The number of carbonyl (C=O) groups excluding carboxylic acids is 1. The second kappa shape index (κ2) is 4.96. The molecule has 22 heavy (non-hydrogen) atoms. The highest BCUT2D eigenvalue weighted by Gasteiger charge is 2.19. The zero-order valence-electron chi connectivity index (χ0n) is 12.3. The summed E-state index contributed by atoms with van der Waals surface area (Å²) in [5, 5.41) is 0.908. The highest BCUT2D eigenvalue weighted by molar-refractivity contribution is 5.95. The van der Waals surface area contributed by atoms with E-state index in [1.807, 2.05) is 19.9 Å². The molecule has 0 radical (unpaired) electrons. The Morgan fingerprint density at radius 2 is 1.77 bits per heavy atom. The third-order valence-electron chi connectivity index (χ3n) is 4.06. The van der Waals surface area contributed by atoms with Crippen LogP contribution in [0.15, 0.2) is 39.5 Å². The number of carbonyl (C=O) groups is 1. The molecule has 3 rings (SSSR count). The van der Waals surface area contributed by atoms with Gasteiger partial charge in [-0.25, -0.2) is 0 Å². The molecule has 5 nitrogen and oxygen atoms in total. The van der Waals surface area contributed by atoms with Crippen LogP contribution in [0, 0.1) is 13.8 Å². The summed E-state index contributed by atoms with van der Waals surface area (Å²) in [6.45, 7) is 3.84. The Morgan fingerprint density at radius 3 is 2.45 bits per heavy atom. The third-order valence-corrected chi connectivity index (χ3v) is 4.06. The number of nitrogens with two attached hydrogens (primary N) is 2. The van der Waals surface area contributed by atoms with Gasteiger partial charge in [0.05, 0.1) is 10.8 Å². The van der Waals surface area contributed by atoms with Gasteiger partial charge >= 0.3 is 0 Å². The molecule has 0 aliphatic rings. The molecule has 1 heterocycles. The molecule has 0 aliphatic carbocycles. The summed E-state index contributed by atoms with van der Waals surface area (Å²) in [5.74, 6) is -0.670. The van der Waals surface area contributed by atoms with Crippen molar-refractivity contribution in [1.82, 2.24) is 0 Å². The smallest absolute Gasteiger partial charge is 0.239 e. The lowest BCUT2D eigenvalue weighted by molar-refractivity contribution is -0.119. The van der Waals surface area contributed by atoms with E-state index in [0.717, 1.165) is 11.1 Å². The van der Waals surface area contributed by atoms with E-state index in [0.29, 0.717) is 27.5 Å². The first-order valence-electron chi connectivity index (χ1n) is 6.92. The first kappa shape index (κ1) is 14.3. The first-order valence-corrected chi connectivity index (χ1v) is 6.92. The van der Waals surface area contributed by atoms with Crippen molar-refractivity contribution in [1.29, 1.82) is 0 Å². The number of hydrogen-bond acceptors (Lipinski definition) is 4. The van der Waals surface area contributed by atoms with Crippen molar-refractivity contribution in [2.45, 2.75) is 19.9 Å². The molecule has 0 saturated heterocycles. The number of rotatable bonds is 2. The summed E-state index contributed by atoms with van der Waals surface area (Å²) in [5.41, 5.74) is 14.1. The van der Waals surface area contributed by atoms with Gasteiger partial charge in [-0.05, 0) is 37.1 Å². The fourth-order valence-corrected chi connectivity index (χ4v) is 2.59. The van der Waals surface area contributed by atoms with Crippen LogP contribution in [0.1, 0.15) is 22.7 Å². The van der Waals surface area contributed by atoms with Gasteiger partial charge in [0.25, 0.3) is 0 Å². The summed E-state index contributed by atoms with van der Waals surface area (Å²) < 4.78 is 5.95. The lowest BCUT2D eigenvalue weighted by Crippen LogP contribution is -2.28. The van der Waals surface area contributed by atoms with Crippen LogP contribution in [-0.2, 0) is 4.79 Å². The molecule has 112 valence electrons. The molecule has 1 atom stereocenters. The zero-order valence-corrected chi connectivity index (χ0v) is 12.3. The van der Waals surface area contributed by atoms with Crippen molar-refractivity contribution < 1.29 is 9.21 Å². The number of fused-ring (bicyclic) bond motifs is 2. The number of para-hydroxylation sites is 1. The van der Waals surface area contributed by atoms with Crippen molar-refractivity contribution >= 4 is 27.8 Å². The molecule has 0 fully saturated rings. The van der Waals surface area contributed by atoms with Gasteiger partial charge in [-0.2, -0.15) is 0 Å². The topological polar surface area (TPSA) is 99.3 Å². The minimum Gasteiger partial charge on any atom is -0.455 e. The average molecular weight is 296 g/mol. The minimum absolute atomic E-state index is 0.141. The van der Waals surface area contributed by atoms with Gasteiger partial charge in [-0.15, -0.1) is 0 Å². The molecule has 0 saturated carbocycles. The molecule has 3 aromatic rings. The molecule has 0 aliphatic heterocycles. The van der Waals surface area contributed by atoms with Gasteiger partial charge in [0, 0.05) is 5.56 Å². The Hall–Kier alpha value is -2.66. The Kier molecular flexibility index (Phi) is 3.22. The van der Waals surface area contributed by atoms with Gasteiger partial charge in [-0.3, -0.25) is 9.59 Å². The van der Waals surface area contributed by atoms with Crippen molar-refractivity contribution in [2.24, 2.45) is 11.5 Å². The molecule has 1 unspecified atom stereocenters. The van der Waals surface area contributed by atoms with Gasteiger partial charge in [-0.1, -0.05) is 18.2 Å². The van der Waals surface area contributed by atoms with E-state index >= 15 is 0 Å². The van der Waals surface area contributed by atoms with Crippen molar-refractivity contribution in [3.8, 4) is 0 Å². The quantitative estimate of drug-likeness (QED) is 0.707. The Morgan fingerprint density at radius 1 is 1.09 bits per heavy atom. The van der Waals surface area contributed by atoms with E-state index in [1.54, 1.807) is 24.3 Å². The molecular formula is C17H16N2O3. The number of benzene rings is 2. The van der Waals surface area contributed by atoms with Crippen LogP contribution in [0.25, 0.3) is 21.9 Å². The number of hydrogen-bond donors (Lipinski definition) is 2. The molecule has 4 N–H and O–H groups in total. The summed E-state index contributed by atoms with van der Waals surface area (Å²) >= 11 is 0. The van der Waals surface area contributed by atoms with E-state index < -0.39 is 11.9 Å². The summed E-state index contributed by atoms with van der Waals surface area (Å²) in [6, 6.07) is 7.60. The number of primary amides is 1. The second-order valence-electron chi connectivity index (χ2n) is 5.42. The van der Waals surface area contributed by atoms with Gasteiger partial charge in [0.2, 0.25) is 11.3 Å². The van der Waals surface area contributed by atoms with Gasteiger partial charge < -0.3 is 15.9 Å². The van der Waals surface area contributed by atoms with Crippen LogP contribution in [0.3, 0.4) is 0 Å². The maximum atomic E-state index is 12.7. The SMILES string of the molecule is Cc1ccc2c(=O)c3cccc(C(N)C(N)=O)c3oc2c1C. The molecule has 0 bridgehead atoms. The van der Waals surface area contributed by atoms with Gasteiger partial charge in [0.15, 0.2) is 0 Å². The Labute approximate surface area is 126 Å². The molecule has 1 aromatic heterocycles. The van der Waals surface area contributed by atoms with Crippen LogP contribution >= 0.6 is 0 Å². The molecule has 0 spiro atoms. The minimum atomic E-state index is -1.02.